The van der Waals surface area contributed by atoms with Crippen LogP contribution < -0.4 is 70.8 Å². The fourth-order valence-corrected chi connectivity index (χ4v) is 15.5. The normalized spacial score (nSPS) is 19.8. The number of hydrogen-bond acceptors (Lipinski definition) is 15. The quantitative estimate of drug-likeness (QED) is 0.0221. The molecule has 19 N–H and O–H groups in total. The molecule has 25 heteroatoms. The number of phenolic OH excluding ortho intramolecular Hbond substituents is 1. The van der Waals surface area contributed by atoms with Crippen molar-refractivity contribution in [2.24, 2.45) is 40.7 Å². The SMILES string of the molecule is NCCCC[C@@H](CC(=O)O)NC(=O)C[C@H](Cc1ccccc1)NC(=O)[C@H]1CCCC[C@@H]1NC(=O)C[C@H](CCCCN)NC(=O)C[C@H](Cc1ccccc1)NC(=O)[C@H]1CCCC[C@@H]1NC(=O)C[C@H](CCCCN)NC(=O)C[C@H](Cc1ccccc1)NC(=O)[C@H]1CCCC[C@@H]1NC(=O)C[C@@H](N)Cc1ccc(O)cc1. The number of aliphatic carboxylic acids is 1. The zero-order valence-electron chi connectivity index (χ0n) is 62.5. The molecule has 9 amide bonds. The van der Waals surface area contributed by atoms with Crippen LogP contribution in [0.1, 0.15) is 202 Å². The molecule has 0 aliphatic heterocycles. The minimum absolute atomic E-state index is 0.0499. The molecule has 0 heterocycles. The maximum Gasteiger partial charge on any atom is 0.305 e. The average Bonchev–Trinajstić information content (AvgIpc) is 0.851. The molecule has 7 rings (SSSR count). The third kappa shape index (κ3) is 32.3. The average molecular weight is 1480 g/mol. The number of unbranched alkanes of at least 4 members (excludes halogenated alkanes) is 3. The van der Waals surface area contributed by atoms with Gasteiger partial charge in [0, 0.05) is 98.9 Å². The van der Waals surface area contributed by atoms with Crippen LogP contribution in [0.3, 0.4) is 0 Å². The highest BCUT2D eigenvalue weighted by Gasteiger charge is 2.38. The van der Waals surface area contributed by atoms with E-state index in [9.17, 15) is 58.2 Å². The number of nitrogens with one attached hydrogen (secondary N) is 9. The lowest BCUT2D eigenvalue weighted by atomic mass is 9.83. The van der Waals surface area contributed by atoms with Crippen molar-refractivity contribution in [1.29, 1.82) is 0 Å². The van der Waals surface area contributed by atoms with Gasteiger partial charge in [0.25, 0.3) is 0 Å². The van der Waals surface area contributed by atoms with E-state index >= 15 is 0 Å². The Kier molecular flexibility index (Phi) is 37.6. The first-order valence-electron chi connectivity index (χ1n) is 39.4. The lowest BCUT2D eigenvalue weighted by Crippen LogP contribution is -2.53. The smallest absolute Gasteiger partial charge is 0.305 e. The molecule has 0 spiro atoms. The van der Waals surface area contributed by atoms with Crippen LogP contribution in [0.4, 0.5) is 0 Å². The van der Waals surface area contributed by atoms with E-state index in [1.165, 1.54) is 0 Å². The number of rotatable bonds is 46. The largest absolute Gasteiger partial charge is 0.508 e. The Morgan fingerprint density at radius 2 is 0.626 bits per heavy atom. The van der Waals surface area contributed by atoms with Crippen molar-refractivity contribution in [1.82, 2.24) is 47.9 Å². The molecule has 13 atom stereocenters. The van der Waals surface area contributed by atoms with E-state index in [0.29, 0.717) is 142 Å². The summed E-state index contributed by atoms with van der Waals surface area (Å²) >= 11 is 0. The Labute approximate surface area is 631 Å². The lowest BCUT2D eigenvalue weighted by molar-refractivity contribution is -0.138. The van der Waals surface area contributed by atoms with E-state index in [2.05, 4.69) is 47.9 Å². The van der Waals surface area contributed by atoms with Crippen LogP contribution in [0.5, 0.6) is 5.75 Å². The number of nitrogens with two attached hydrogens (primary N) is 4. The Morgan fingerprint density at radius 3 is 0.944 bits per heavy atom. The molecule has 3 aliphatic rings. The van der Waals surface area contributed by atoms with Crippen LogP contribution in [-0.2, 0) is 73.6 Å². The molecule has 4 aromatic rings. The van der Waals surface area contributed by atoms with Crippen molar-refractivity contribution in [3.63, 3.8) is 0 Å². The van der Waals surface area contributed by atoms with Gasteiger partial charge >= 0.3 is 5.97 Å². The number of carboxylic acid groups (broad SMARTS) is 1. The Hall–Kier alpha value is -8.78. The second-order valence-electron chi connectivity index (χ2n) is 30.0. The summed E-state index contributed by atoms with van der Waals surface area (Å²) in [4.78, 5) is 140. The predicted octanol–water partition coefficient (Wildman–Crippen LogP) is 6.13. The van der Waals surface area contributed by atoms with Crippen LogP contribution >= 0.6 is 0 Å². The molecule has 25 nitrogen and oxygen atoms in total. The Morgan fingerprint density at radius 1 is 0.336 bits per heavy atom. The predicted molar refractivity (Wildman–Crippen MR) is 412 cm³/mol. The number of amides is 9. The molecule has 0 aromatic heterocycles. The molecule has 3 fully saturated rings. The van der Waals surface area contributed by atoms with Gasteiger partial charge < -0.3 is 81.0 Å². The summed E-state index contributed by atoms with van der Waals surface area (Å²) in [6, 6.07) is 29.4. The van der Waals surface area contributed by atoms with Gasteiger partial charge in [0.05, 0.1) is 24.2 Å². The van der Waals surface area contributed by atoms with E-state index in [1.54, 1.807) is 24.3 Å². The van der Waals surface area contributed by atoms with E-state index < -0.39 is 84.1 Å². The highest BCUT2D eigenvalue weighted by molar-refractivity contribution is 5.87. The summed E-state index contributed by atoms with van der Waals surface area (Å²) in [5.74, 6) is -5.63. The number of carbonyl (C=O) groups excluding carboxylic acids is 9. The van der Waals surface area contributed by atoms with Gasteiger partial charge in [-0.2, -0.15) is 0 Å². The van der Waals surface area contributed by atoms with E-state index in [-0.39, 0.29) is 104 Å². The number of aromatic hydroxyl groups is 1. The fourth-order valence-electron chi connectivity index (χ4n) is 15.5. The van der Waals surface area contributed by atoms with Crippen molar-refractivity contribution in [3.05, 3.63) is 138 Å². The first kappa shape index (κ1) is 85.5. The lowest BCUT2D eigenvalue weighted by Gasteiger charge is -2.33. The van der Waals surface area contributed by atoms with Gasteiger partial charge in [-0.3, -0.25) is 47.9 Å². The van der Waals surface area contributed by atoms with Crippen molar-refractivity contribution < 1.29 is 58.2 Å². The maximum absolute atomic E-state index is 14.7. The maximum atomic E-state index is 14.7. The zero-order valence-corrected chi connectivity index (χ0v) is 62.5. The van der Waals surface area contributed by atoms with Gasteiger partial charge in [0.15, 0.2) is 0 Å². The molecule has 107 heavy (non-hydrogen) atoms. The second kappa shape index (κ2) is 47.1. The number of carboxylic acids is 1. The van der Waals surface area contributed by atoms with Crippen LogP contribution in [-0.4, -0.2) is 149 Å². The van der Waals surface area contributed by atoms with Crippen molar-refractivity contribution >= 4 is 59.1 Å². The molecular weight excluding hydrogens is 1360 g/mol. The van der Waals surface area contributed by atoms with Gasteiger partial charge in [0.2, 0.25) is 53.2 Å². The molecule has 0 unspecified atom stereocenters. The molecule has 0 saturated heterocycles. The minimum atomic E-state index is -1.04. The number of carbonyl (C=O) groups is 10. The molecule has 3 saturated carbocycles. The molecule has 3 aliphatic carbocycles. The Balaban J connectivity index is 0.962. The molecular formula is C82H121N13O12. The summed E-state index contributed by atoms with van der Waals surface area (Å²) in [5, 5.41) is 47.4. The summed E-state index contributed by atoms with van der Waals surface area (Å²) < 4.78 is 0. The topological polar surface area (TPSA) is 424 Å². The number of benzene rings is 4. The van der Waals surface area contributed by atoms with Gasteiger partial charge in [-0.1, -0.05) is 161 Å². The first-order valence-corrected chi connectivity index (χ1v) is 39.4. The van der Waals surface area contributed by atoms with E-state index in [1.807, 2.05) is 91.0 Å². The molecule has 0 bridgehead atoms. The summed E-state index contributed by atoms with van der Waals surface area (Å²) in [6.45, 7) is 1.27. The van der Waals surface area contributed by atoms with Gasteiger partial charge in [-0.05, 0) is 157 Å². The van der Waals surface area contributed by atoms with Gasteiger partial charge in [-0.15, -0.1) is 0 Å². The number of hydrogen-bond donors (Lipinski definition) is 15. The standard InChI is InChI=1S/C82H121N13O12/c83-41-19-16-28-60(87-74(98)51-63(45-55-22-4-1-5-23-55)90-80(105)67-31-10-13-34-70(67)93-73(97)48-59(86)44-58-37-39-66(96)40-38-58)49-77(101)94-71-35-14-11-32-68(71)81(106)91-64(46-56-24-6-2-7-25-56)52-75(99)88-61(29-17-20-42-84)50-78(102)95-72-36-15-12-33-69(72)82(107)92-65(47-57-26-8-3-9-27-57)53-76(100)89-62(54-79(103)104)30-18-21-43-85/h1-9,22-27,37-40,59-65,67-72,96H,10-21,28-36,41-54,83-86H2,(H,87,98)(H,88,99)(H,89,100)(H,90,105)(H,91,106)(H,92,107)(H,93,97)(H,94,101)(H,95,102)(H,103,104)/t59-,60-,61-,62-,63-,64-,65-,67-,68-,69-,70-,71-,72-/m0/s1. The third-order valence-electron chi connectivity index (χ3n) is 20.9. The van der Waals surface area contributed by atoms with Crippen molar-refractivity contribution in [2.75, 3.05) is 19.6 Å². The fraction of sp³-hybridized carbons (Fsp3) is 0.585. The Bertz CT molecular complexity index is 3390. The number of phenols is 1. The van der Waals surface area contributed by atoms with Crippen LogP contribution in [0, 0.1) is 17.8 Å². The molecule has 4 aromatic carbocycles. The third-order valence-corrected chi connectivity index (χ3v) is 20.9. The van der Waals surface area contributed by atoms with E-state index in [4.69, 9.17) is 22.9 Å². The highest BCUT2D eigenvalue weighted by Crippen LogP contribution is 2.29. The van der Waals surface area contributed by atoms with E-state index in [0.717, 1.165) is 60.8 Å². The molecule has 0 radical (unpaired) electrons. The van der Waals surface area contributed by atoms with Crippen molar-refractivity contribution in [2.45, 2.75) is 266 Å². The summed E-state index contributed by atoms with van der Waals surface area (Å²) in [5.41, 5.74) is 27.5. The minimum Gasteiger partial charge on any atom is -0.508 e. The van der Waals surface area contributed by atoms with Crippen LogP contribution in [0.25, 0.3) is 0 Å². The van der Waals surface area contributed by atoms with Crippen molar-refractivity contribution in [3.8, 4) is 5.75 Å². The van der Waals surface area contributed by atoms with Crippen LogP contribution in [0.15, 0.2) is 115 Å². The second-order valence-corrected chi connectivity index (χ2v) is 30.0. The van der Waals surface area contributed by atoms with Gasteiger partial charge in [-0.25, -0.2) is 0 Å². The van der Waals surface area contributed by atoms with Gasteiger partial charge in [0.1, 0.15) is 5.75 Å². The monoisotopic (exact) mass is 1480 g/mol. The van der Waals surface area contributed by atoms with Crippen LogP contribution in [0.2, 0.25) is 0 Å². The zero-order chi connectivity index (χ0) is 76.7. The summed E-state index contributed by atoms with van der Waals surface area (Å²) in [6.07, 6.45) is 13.8. The highest BCUT2D eigenvalue weighted by atomic mass is 16.4. The molecule has 586 valence electrons. The summed E-state index contributed by atoms with van der Waals surface area (Å²) in [7, 11) is 0. The first-order chi connectivity index (χ1) is 51.7.